The molecule has 10 heteroatoms. The molecular formula is C17H18N2O6S2. The minimum atomic E-state index is -3.89. The van der Waals surface area contributed by atoms with Gasteiger partial charge in [-0.05, 0) is 23.8 Å². The Morgan fingerprint density at radius 2 is 1.89 bits per heavy atom. The number of hydrogen-bond acceptors (Lipinski definition) is 7. The molecule has 2 aromatic carbocycles. The van der Waals surface area contributed by atoms with E-state index in [1.165, 1.54) is 48.5 Å². The highest BCUT2D eigenvalue weighted by molar-refractivity contribution is 8.01. The Morgan fingerprint density at radius 1 is 1.15 bits per heavy atom. The van der Waals surface area contributed by atoms with Crippen LogP contribution in [0.25, 0.3) is 0 Å². The zero-order valence-corrected chi connectivity index (χ0v) is 16.3. The van der Waals surface area contributed by atoms with E-state index in [0.717, 1.165) is 11.6 Å². The van der Waals surface area contributed by atoms with Gasteiger partial charge in [-0.25, -0.2) is 8.42 Å². The first kappa shape index (κ1) is 19.5. The fraction of sp³-hybridized carbons (Fsp3) is 0.294. The molecule has 144 valence electrons. The highest BCUT2D eigenvalue weighted by Gasteiger charge is 2.37. The second kappa shape index (κ2) is 7.75. The highest BCUT2D eigenvalue weighted by Crippen LogP contribution is 2.43. The molecule has 0 spiro atoms. The number of methoxy groups -OCH3 is 2. The van der Waals surface area contributed by atoms with E-state index in [0.29, 0.717) is 23.8 Å². The van der Waals surface area contributed by atoms with Gasteiger partial charge in [-0.1, -0.05) is 12.1 Å². The molecule has 0 amide bonds. The molecule has 8 nitrogen and oxygen atoms in total. The summed E-state index contributed by atoms with van der Waals surface area (Å²) >= 11 is 1.48. The molecule has 0 N–H and O–H groups in total. The summed E-state index contributed by atoms with van der Waals surface area (Å²) in [4.78, 5) is 10.3. The number of ether oxygens (including phenoxy) is 2. The summed E-state index contributed by atoms with van der Waals surface area (Å²) in [6.45, 7) is 0.314. The number of non-ortho nitro benzene ring substituents is 1. The Balaban J connectivity index is 1.98. The number of nitro benzene ring substituents is 1. The third-order valence-electron chi connectivity index (χ3n) is 4.18. The lowest BCUT2D eigenvalue weighted by atomic mass is 10.2. The van der Waals surface area contributed by atoms with Crippen LogP contribution < -0.4 is 9.47 Å². The SMILES string of the molecule is COc1ccc([C@H]2SCCN2S(=O)(=O)c2cccc([N+](=O)[O-])c2)cc1OC. The predicted octanol–water partition coefficient (Wildman–Crippen LogP) is 3.05. The Kier molecular flexibility index (Phi) is 5.59. The summed E-state index contributed by atoms with van der Waals surface area (Å²) in [7, 11) is -0.848. The quantitative estimate of drug-likeness (QED) is 0.533. The zero-order valence-electron chi connectivity index (χ0n) is 14.7. The van der Waals surface area contributed by atoms with Crippen LogP contribution in [0, 0.1) is 10.1 Å². The van der Waals surface area contributed by atoms with Crippen molar-refractivity contribution in [3.8, 4) is 11.5 Å². The van der Waals surface area contributed by atoms with E-state index >= 15 is 0 Å². The Labute approximate surface area is 161 Å². The van der Waals surface area contributed by atoms with Crippen LogP contribution in [-0.2, 0) is 10.0 Å². The summed E-state index contributed by atoms with van der Waals surface area (Å²) in [5.41, 5.74) is 0.495. The lowest BCUT2D eigenvalue weighted by molar-refractivity contribution is -0.385. The van der Waals surface area contributed by atoms with E-state index in [2.05, 4.69) is 0 Å². The van der Waals surface area contributed by atoms with Crippen LogP contribution in [0.3, 0.4) is 0 Å². The van der Waals surface area contributed by atoms with Crippen molar-refractivity contribution in [2.45, 2.75) is 10.3 Å². The van der Waals surface area contributed by atoms with Gasteiger partial charge in [-0.15, -0.1) is 11.8 Å². The van der Waals surface area contributed by atoms with Crippen molar-refractivity contribution in [2.24, 2.45) is 0 Å². The van der Waals surface area contributed by atoms with Gasteiger partial charge in [-0.3, -0.25) is 10.1 Å². The van der Waals surface area contributed by atoms with Gasteiger partial charge in [-0.2, -0.15) is 4.31 Å². The monoisotopic (exact) mass is 410 g/mol. The van der Waals surface area contributed by atoms with Crippen LogP contribution in [0.4, 0.5) is 5.69 Å². The second-order valence-corrected chi connectivity index (χ2v) is 8.79. The van der Waals surface area contributed by atoms with Gasteiger partial charge in [0.15, 0.2) is 11.5 Å². The third kappa shape index (κ3) is 3.73. The van der Waals surface area contributed by atoms with E-state index in [-0.39, 0.29) is 10.6 Å². The van der Waals surface area contributed by atoms with Crippen molar-refractivity contribution in [1.82, 2.24) is 4.31 Å². The van der Waals surface area contributed by atoms with Gasteiger partial charge in [0.1, 0.15) is 0 Å². The molecule has 0 saturated carbocycles. The number of hydrogen-bond donors (Lipinski definition) is 0. The molecule has 1 aliphatic rings. The first-order chi connectivity index (χ1) is 12.9. The smallest absolute Gasteiger partial charge is 0.270 e. The lowest BCUT2D eigenvalue weighted by Crippen LogP contribution is -2.30. The molecule has 1 heterocycles. The van der Waals surface area contributed by atoms with Crippen molar-refractivity contribution in [2.75, 3.05) is 26.5 Å². The van der Waals surface area contributed by atoms with Crippen LogP contribution in [0.2, 0.25) is 0 Å². The number of nitrogens with zero attached hydrogens (tertiary/aromatic N) is 2. The lowest BCUT2D eigenvalue weighted by Gasteiger charge is -2.24. The first-order valence-electron chi connectivity index (χ1n) is 7.98. The van der Waals surface area contributed by atoms with E-state index in [1.54, 1.807) is 18.2 Å². The Hall–Kier alpha value is -2.30. The van der Waals surface area contributed by atoms with Crippen molar-refractivity contribution in [1.29, 1.82) is 0 Å². The maximum absolute atomic E-state index is 13.1. The molecule has 0 aromatic heterocycles. The number of nitro groups is 1. The van der Waals surface area contributed by atoms with Gasteiger partial charge < -0.3 is 9.47 Å². The number of benzene rings is 2. The average Bonchev–Trinajstić information content (AvgIpc) is 3.18. The van der Waals surface area contributed by atoms with Crippen LogP contribution in [0.5, 0.6) is 11.5 Å². The van der Waals surface area contributed by atoms with Gasteiger partial charge in [0, 0.05) is 24.4 Å². The molecule has 27 heavy (non-hydrogen) atoms. The molecule has 0 radical (unpaired) electrons. The maximum atomic E-state index is 13.1. The number of sulfonamides is 1. The number of rotatable bonds is 6. The third-order valence-corrected chi connectivity index (χ3v) is 7.43. The van der Waals surface area contributed by atoms with Crippen molar-refractivity contribution in [3.63, 3.8) is 0 Å². The van der Waals surface area contributed by atoms with Gasteiger partial charge >= 0.3 is 0 Å². The number of thioether (sulfide) groups is 1. The molecule has 3 rings (SSSR count). The van der Waals surface area contributed by atoms with Crippen LogP contribution in [0.1, 0.15) is 10.9 Å². The standard InChI is InChI=1S/C17H18N2O6S2/c1-24-15-7-6-12(10-16(15)25-2)17-18(8-9-26-17)27(22,23)14-5-3-4-13(11-14)19(20)21/h3-7,10-11,17H,8-9H2,1-2H3/t17-/m1/s1. The van der Waals surface area contributed by atoms with E-state index in [4.69, 9.17) is 9.47 Å². The van der Waals surface area contributed by atoms with Gasteiger partial charge in [0.25, 0.3) is 5.69 Å². The zero-order chi connectivity index (χ0) is 19.6. The predicted molar refractivity (Wildman–Crippen MR) is 102 cm³/mol. The Morgan fingerprint density at radius 3 is 2.56 bits per heavy atom. The minimum absolute atomic E-state index is 0.0929. The molecule has 1 atom stereocenters. The molecule has 0 bridgehead atoms. The van der Waals surface area contributed by atoms with Gasteiger partial charge in [0.2, 0.25) is 10.0 Å². The summed E-state index contributed by atoms with van der Waals surface area (Å²) in [6, 6.07) is 10.4. The van der Waals surface area contributed by atoms with E-state index < -0.39 is 20.3 Å². The van der Waals surface area contributed by atoms with Gasteiger partial charge in [0.05, 0.1) is 29.4 Å². The summed E-state index contributed by atoms with van der Waals surface area (Å²) in [5.74, 6) is 1.68. The largest absolute Gasteiger partial charge is 0.493 e. The topological polar surface area (TPSA) is 99.0 Å². The van der Waals surface area contributed by atoms with Crippen LogP contribution in [-0.4, -0.2) is 44.2 Å². The molecule has 1 saturated heterocycles. The average molecular weight is 410 g/mol. The van der Waals surface area contributed by atoms with Crippen molar-refractivity contribution < 1.29 is 22.8 Å². The minimum Gasteiger partial charge on any atom is -0.493 e. The molecule has 0 aliphatic carbocycles. The fourth-order valence-electron chi connectivity index (χ4n) is 2.86. The van der Waals surface area contributed by atoms with Crippen molar-refractivity contribution >= 4 is 27.5 Å². The highest BCUT2D eigenvalue weighted by atomic mass is 32.2. The molecular weight excluding hydrogens is 392 g/mol. The van der Waals surface area contributed by atoms with E-state index in [9.17, 15) is 18.5 Å². The summed E-state index contributed by atoms with van der Waals surface area (Å²) < 4.78 is 38.1. The van der Waals surface area contributed by atoms with Crippen molar-refractivity contribution in [3.05, 3.63) is 58.1 Å². The van der Waals surface area contributed by atoms with E-state index in [1.807, 2.05) is 0 Å². The van der Waals surface area contributed by atoms with Crippen LogP contribution in [0.15, 0.2) is 47.4 Å². The normalized spacial score (nSPS) is 17.6. The molecule has 1 fully saturated rings. The summed E-state index contributed by atoms with van der Waals surface area (Å²) in [5, 5.41) is 10.5. The maximum Gasteiger partial charge on any atom is 0.270 e. The Bertz CT molecular complexity index is 964. The fourth-order valence-corrected chi connectivity index (χ4v) is 6.13. The molecule has 1 aliphatic heterocycles. The first-order valence-corrected chi connectivity index (χ1v) is 10.5. The van der Waals surface area contributed by atoms with Crippen LogP contribution >= 0.6 is 11.8 Å². The summed E-state index contributed by atoms with van der Waals surface area (Å²) in [6.07, 6.45) is 0. The second-order valence-electron chi connectivity index (χ2n) is 5.71. The molecule has 2 aromatic rings. The molecule has 0 unspecified atom stereocenters.